The summed E-state index contributed by atoms with van der Waals surface area (Å²) in [6.07, 6.45) is 0. The molecule has 1 aromatic carbocycles. The summed E-state index contributed by atoms with van der Waals surface area (Å²) in [7, 11) is 0. The maximum Gasteiger partial charge on any atom is 0.224 e. The van der Waals surface area contributed by atoms with Gasteiger partial charge < -0.3 is 16.5 Å². The Morgan fingerprint density at radius 2 is 1.67 bits per heavy atom. The molecule has 2 heterocycles. The quantitative estimate of drug-likeness (QED) is 0.618. The third kappa shape index (κ3) is 1.93. The van der Waals surface area contributed by atoms with Gasteiger partial charge in [0.05, 0.1) is 0 Å². The molecule has 0 saturated heterocycles. The van der Waals surface area contributed by atoms with E-state index < -0.39 is 0 Å². The zero-order valence-electron chi connectivity index (χ0n) is 9.29. The summed E-state index contributed by atoms with van der Waals surface area (Å²) in [6, 6.07) is 9.71. The van der Waals surface area contributed by atoms with E-state index >= 15 is 0 Å². The van der Waals surface area contributed by atoms with E-state index in [1.165, 1.54) is 0 Å². The molecule has 0 bridgehead atoms. The lowest BCUT2D eigenvalue weighted by atomic mass is 10.2. The second-order valence-corrected chi connectivity index (χ2v) is 3.62. The van der Waals surface area contributed by atoms with Crippen LogP contribution in [0.3, 0.4) is 0 Å². The molecule has 0 aliphatic carbocycles. The predicted octanol–water partition coefficient (Wildman–Crippen LogP) is 1.61. The lowest BCUT2D eigenvalue weighted by Gasteiger charge is -1.94. The third-order valence-electron chi connectivity index (χ3n) is 2.44. The molecule has 0 atom stereocenters. The second-order valence-electron chi connectivity index (χ2n) is 3.62. The fourth-order valence-electron chi connectivity index (χ4n) is 1.67. The van der Waals surface area contributed by atoms with E-state index in [2.05, 4.69) is 19.9 Å². The van der Waals surface area contributed by atoms with Crippen LogP contribution in [0.5, 0.6) is 0 Å². The van der Waals surface area contributed by atoms with E-state index in [0.717, 1.165) is 5.56 Å². The van der Waals surface area contributed by atoms with Crippen LogP contribution in [-0.4, -0.2) is 19.9 Å². The number of fused-ring (bicyclic) bond motifs is 1. The number of anilines is 2. The van der Waals surface area contributed by atoms with Crippen molar-refractivity contribution in [1.29, 1.82) is 0 Å². The minimum Gasteiger partial charge on any atom is -0.382 e. The monoisotopic (exact) mass is 262 g/mol. The molecule has 3 aromatic rings. The van der Waals surface area contributed by atoms with Gasteiger partial charge in [-0.15, -0.1) is 12.4 Å². The molecule has 0 amide bonds. The summed E-state index contributed by atoms with van der Waals surface area (Å²) < 4.78 is 0. The van der Waals surface area contributed by atoms with E-state index in [0.29, 0.717) is 22.8 Å². The number of nitrogen functional groups attached to an aromatic ring is 2. The molecule has 0 aliphatic heterocycles. The van der Waals surface area contributed by atoms with Crippen LogP contribution in [-0.2, 0) is 0 Å². The highest BCUT2D eigenvalue weighted by atomic mass is 35.5. The molecule has 0 aliphatic rings. The van der Waals surface area contributed by atoms with Gasteiger partial charge in [0.15, 0.2) is 11.5 Å². The van der Waals surface area contributed by atoms with Crippen LogP contribution in [0.15, 0.2) is 30.3 Å². The van der Waals surface area contributed by atoms with Crippen LogP contribution in [0, 0.1) is 0 Å². The van der Waals surface area contributed by atoms with Gasteiger partial charge in [-0.05, 0) is 0 Å². The summed E-state index contributed by atoms with van der Waals surface area (Å²) in [5.74, 6) is 1.13. The van der Waals surface area contributed by atoms with Crippen molar-refractivity contribution in [3.05, 3.63) is 30.3 Å². The van der Waals surface area contributed by atoms with E-state index in [1.54, 1.807) is 0 Å². The number of H-pyrrole nitrogens is 1. The maximum atomic E-state index is 5.75. The van der Waals surface area contributed by atoms with Gasteiger partial charge in [-0.25, -0.2) is 4.98 Å². The number of aromatic nitrogens is 4. The van der Waals surface area contributed by atoms with Gasteiger partial charge in [0.2, 0.25) is 5.95 Å². The fraction of sp³-hybridized carbons (Fsp3) is 0. The summed E-state index contributed by atoms with van der Waals surface area (Å²) >= 11 is 0. The van der Waals surface area contributed by atoms with Crippen LogP contribution in [0.1, 0.15) is 0 Å². The van der Waals surface area contributed by atoms with Crippen LogP contribution in [0.25, 0.3) is 22.6 Å². The highest BCUT2D eigenvalue weighted by Crippen LogP contribution is 2.22. The summed E-state index contributed by atoms with van der Waals surface area (Å²) in [4.78, 5) is 15.3. The molecule has 0 fully saturated rings. The average Bonchev–Trinajstić information content (AvgIpc) is 2.74. The first-order valence-corrected chi connectivity index (χ1v) is 5.08. The zero-order valence-corrected chi connectivity index (χ0v) is 10.1. The van der Waals surface area contributed by atoms with Crippen molar-refractivity contribution in [3.8, 4) is 11.4 Å². The van der Waals surface area contributed by atoms with Crippen LogP contribution in [0.2, 0.25) is 0 Å². The van der Waals surface area contributed by atoms with Gasteiger partial charge in [-0.1, -0.05) is 30.3 Å². The predicted molar refractivity (Wildman–Crippen MR) is 73.2 cm³/mol. The van der Waals surface area contributed by atoms with Crippen molar-refractivity contribution in [2.24, 2.45) is 0 Å². The van der Waals surface area contributed by atoms with Gasteiger partial charge in [0, 0.05) is 5.56 Å². The molecule has 7 heteroatoms. The number of halogens is 1. The summed E-state index contributed by atoms with van der Waals surface area (Å²) in [5.41, 5.74) is 13.3. The first-order chi connectivity index (χ1) is 8.24. The van der Waals surface area contributed by atoms with Crippen LogP contribution in [0.4, 0.5) is 11.8 Å². The lowest BCUT2D eigenvalue weighted by Crippen LogP contribution is -1.99. The van der Waals surface area contributed by atoms with Crippen molar-refractivity contribution in [2.45, 2.75) is 0 Å². The Hall–Kier alpha value is -2.34. The van der Waals surface area contributed by atoms with Gasteiger partial charge in [-0.2, -0.15) is 9.97 Å². The van der Waals surface area contributed by atoms with E-state index in [9.17, 15) is 0 Å². The van der Waals surface area contributed by atoms with Gasteiger partial charge in [0.25, 0.3) is 0 Å². The van der Waals surface area contributed by atoms with Crippen LogP contribution < -0.4 is 11.5 Å². The van der Waals surface area contributed by atoms with Crippen molar-refractivity contribution < 1.29 is 0 Å². The highest BCUT2D eigenvalue weighted by molar-refractivity contribution is 5.85. The minimum absolute atomic E-state index is 0. The largest absolute Gasteiger partial charge is 0.382 e. The number of nitrogens with one attached hydrogen (secondary N) is 1. The minimum atomic E-state index is 0. The lowest BCUT2D eigenvalue weighted by molar-refractivity contribution is 1.22. The van der Waals surface area contributed by atoms with E-state index in [1.807, 2.05) is 30.3 Å². The number of hydrogen-bond acceptors (Lipinski definition) is 5. The standard InChI is InChI=1S/C11H10N6.ClH/c12-8-7-10(17-11(13)15-8)16-9(14-7)6-4-2-1-3-5-6;/h1-5H,(H5,12,13,14,15,16,17);1H. The smallest absolute Gasteiger partial charge is 0.224 e. The number of benzene rings is 1. The average molecular weight is 263 g/mol. The Balaban J connectivity index is 0.00000120. The number of rotatable bonds is 1. The summed E-state index contributed by atoms with van der Waals surface area (Å²) in [5, 5.41) is 0. The first-order valence-electron chi connectivity index (χ1n) is 5.08. The molecule has 3 rings (SSSR count). The van der Waals surface area contributed by atoms with Gasteiger partial charge in [0.1, 0.15) is 11.3 Å². The van der Waals surface area contributed by atoms with Crippen molar-refractivity contribution >= 4 is 35.3 Å². The number of imidazole rings is 1. The molecular formula is C11H11ClN6. The molecule has 0 saturated carbocycles. The number of aromatic amines is 1. The highest BCUT2D eigenvalue weighted by Gasteiger charge is 2.10. The van der Waals surface area contributed by atoms with E-state index in [4.69, 9.17) is 11.5 Å². The first kappa shape index (κ1) is 12.1. The molecule has 5 N–H and O–H groups in total. The SMILES string of the molecule is Cl.Nc1nc(N)c2[nH]c(-c3ccccc3)nc2n1. The topological polar surface area (TPSA) is 106 Å². The third-order valence-corrected chi connectivity index (χ3v) is 2.44. The molecule has 0 unspecified atom stereocenters. The van der Waals surface area contributed by atoms with Gasteiger partial charge >= 0.3 is 0 Å². The van der Waals surface area contributed by atoms with Crippen molar-refractivity contribution in [2.75, 3.05) is 11.5 Å². The Kier molecular flexibility index (Phi) is 3.03. The molecular weight excluding hydrogens is 252 g/mol. The summed E-state index contributed by atoms with van der Waals surface area (Å²) in [6.45, 7) is 0. The zero-order chi connectivity index (χ0) is 11.8. The Morgan fingerprint density at radius 3 is 2.39 bits per heavy atom. The second kappa shape index (κ2) is 4.50. The molecule has 18 heavy (non-hydrogen) atoms. The van der Waals surface area contributed by atoms with Crippen LogP contribution >= 0.6 is 12.4 Å². The van der Waals surface area contributed by atoms with Gasteiger partial charge in [-0.3, -0.25) is 0 Å². The Morgan fingerprint density at radius 1 is 0.944 bits per heavy atom. The Bertz CT molecular complexity index is 679. The normalized spacial score (nSPS) is 10.2. The maximum absolute atomic E-state index is 5.75. The molecule has 0 radical (unpaired) electrons. The Labute approximate surface area is 109 Å². The molecule has 2 aromatic heterocycles. The number of nitrogens with zero attached hydrogens (tertiary/aromatic N) is 3. The molecule has 6 nitrogen and oxygen atoms in total. The number of nitrogens with two attached hydrogens (primary N) is 2. The number of hydrogen-bond donors (Lipinski definition) is 3. The van der Waals surface area contributed by atoms with E-state index in [-0.39, 0.29) is 18.4 Å². The van der Waals surface area contributed by atoms with Crippen molar-refractivity contribution in [3.63, 3.8) is 0 Å². The van der Waals surface area contributed by atoms with Crippen molar-refractivity contribution in [1.82, 2.24) is 19.9 Å². The molecule has 92 valence electrons. The fourth-order valence-corrected chi connectivity index (χ4v) is 1.67. The molecule has 0 spiro atoms.